The third-order valence-electron chi connectivity index (χ3n) is 5.31. The average molecular weight is 405 g/mol. The lowest BCUT2D eigenvalue weighted by Crippen LogP contribution is -2.33. The van der Waals surface area contributed by atoms with E-state index < -0.39 is 24.5 Å². The zero-order valence-electron chi connectivity index (χ0n) is 16.5. The Labute approximate surface area is 174 Å². The van der Waals surface area contributed by atoms with Gasteiger partial charge in [0.05, 0.1) is 19.6 Å². The summed E-state index contributed by atoms with van der Waals surface area (Å²) in [6.45, 7) is 0. The minimum atomic E-state index is -1.05. The zero-order chi connectivity index (χ0) is 21.1. The number of esters is 1. The second-order valence-corrected chi connectivity index (χ2v) is 7.10. The zero-order valence-corrected chi connectivity index (χ0v) is 16.5. The van der Waals surface area contributed by atoms with Crippen LogP contribution in [0.5, 0.6) is 11.5 Å². The van der Waals surface area contributed by atoms with Crippen LogP contribution in [0.25, 0.3) is 0 Å². The highest BCUT2D eigenvalue weighted by Crippen LogP contribution is 2.45. The van der Waals surface area contributed by atoms with Gasteiger partial charge in [0.2, 0.25) is 0 Å². The summed E-state index contributed by atoms with van der Waals surface area (Å²) in [6.07, 6.45) is -2.15. The van der Waals surface area contributed by atoms with E-state index in [1.54, 1.807) is 55.6 Å². The Balaban J connectivity index is 1.64. The van der Waals surface area contributed by atoms with Crippen molar-refractivity contribution in [3.63, 3.8) is 0 Å². The molecule has 0 fully saturated rings. The summed E-state index contributed by atoms with van der Waals surface area (Å²) in [5.41, 5.74) is 2.01. The van der Waals surface area contributed by atoms with Gasteiger partial charge in [0, 0.05) is 11.1 Å². The summed E-state index contributed by atoms with van der Waals surface area (Å²) in [5, 5.41) is 21.9. The van der Waals surface area contributed by atoms with Gasteiger partial charge in [-0.15, -0.1) is 0 Å². The molecule has 3 aromatic rings. The van der Waals surface area contributed by atoms with Crippen LogP contribution in [0.1, 0.15) is 41.6 Å². The number of benzene rings is 3. The number of ether oxygens (including phenoxy) is 2. The Kier molecular flexibility index (Phi) is 5.81. The highest BCUT2D eigenvalue weighted by Gasteiger charge is 2.41. The van der Waals surface area contributed by atoms with Gasteiger partial charge in [-0.25, -0.2) is 4.90 Å². The van der Waals surface area contributed by atoms with Crippen LogP contribution in [-0.2, 0) is 4.79 Å². The molecule has 0 aromatic heterocycles. The van der Waals surface area contributed by atoms with Crippen LogP contribution in [-0.4, -0.2) is 28.2 Å². The number of carbonyl (C=O) groups is 1. The van der Waals surface area contributed by atoms with Gasteiger partial charge in [-0.3, -0.25) is 4.79 Å². The van der Waals surface area contributed by atoms with Crippen molar-refractivity contribution in [2.75, 3.05) is 7.11 Å². The monoisotopic (exact) mass is 405 g/mol. The first-order valence-electron chi connectivity index (χ1n) is 9.70. The van der Waals surface area contributed by atoms with Crippen molar-refractivity contribution in [3.8, 4) is 11.5 Å². The summed E-state index contributed by atoms with van der Waals surface area (Å²) in [6, 6.07) is 22.6. The van der Waals surface area contributed by atoms with E-state index >= 15 is 0 Å². The van der Waals surface area contributed by atoms with E-state index in [2.05, 4.69) is 0 Å². The van der Waals surface area contributed by atoms with Gasteiger partial charge in [-0.2, -0.15) is 0 Å². The lowest BCUT2D eigenvalue weighted by atomic mass is 10.0. The molecule has 0 spiro atoms. The molecular formula is C24H23NO5. The Bertz CT molecular complexity index is 977. The van der Waals surface area contributed by atoms with Gasteiger partial charge < -0.3 is 19.7 Å². The number of nitrogens with zero attached hydrogens (tertiary/aromatic N) is 1. The van der Waals surface area contributed by atoms with Gasteiger partial charge in [-0.1, -0.05) is 54.6 Å². The van der Waals surface area contributed by atoms with Crippen molar-refractivity contribution in [3.05, 3.63) is 95.6 Å². The molecule has 1 aliphatic heterocycles. The number of hydrogen-bond donors (Lipinski definition) is 2. The Hall–Kier alpha value is -3.19. The summed E-state index contributed by atoms with van der Waals surface area (Å²) in [7, 11) is 1.58. The molecule has 0 saturated heterocycles. The molecule has 6 nitrogen and oxygen atoms in total. The average Bonchev–Trinajstić information content (AvgIpc) is 3.03. The van der Waals surface area contributed by atoms with Gasteiger partial charge in [0.1, 0.15) is 24.0 Å². The van der Waals surface area contributed by atoms with Gasteiger partial charge >= 0.3 is 5.97 Å². The maximum Gasteiger partial charge on any atom is 0.313 e. The standard InChI is InChI=1S/C24H23NO5/c1-29-17-13-11-16(12-14-17)21(15-22(26)30-18-7-3-2-4-8-18)25-23(27)19-9-5-6-10-20(19)24(25)28/h2-14,21,23-24,27-28H,15H2,1H3. The highest BCUT2D eigenvalue weighted by atomic mass is 16.5. The molecule has 0 radical (unpaired) electrons. The topological polar surface area (TPSA) is 79.2 Å². The second-order valence-electron chi connectivity index (χ2n) is 7.10. The summed E-state index contributed by atoms with van der Waals surface area (Å²) in [5.74, 6) is 0.661. The van der Waals surface area contributed by atoms with Crippen molar-refractivity contribution >= 4 is 5.97 Å². The number of rotatable bonds is 6. The molecule has 0 aliphatic carbocycles. The molecule has 2 N–H and O–H groups in total. The van der Waals surface area contributed by atoms with E-state index in [9.17, 15) is 15.0 Å². The van der Waals surface area contributed by atoms with E-state index in [4.69, 9.17) is 9.47 Å². The van der Waals surface area contributed by atoms with Crippen molar-refractivity contribution in [1.29, 1.82) is 0 Å². The van der Waals surface area contributed by atoms with Crippen molar-refractivity contribution in [2.24, 2.45) is 0 Å². The molecule has 0 saturated carbocycles. The number of hydrogen-bond acceptors (Lipinski definition) is 6. The van der Waals surface area contributed by atoms with Crippen LogP contribution in [0, 0.1) is 0 Å². The van der Waals surface area contributed by atoms with Gasteiger partial charge in [0.25, 0.3) is 0 Å². The number of aliphatic hydroxyl groups excluding tert-OH is 2. The number of fused-ring (bicyclic) bond motifs is 1. The molecular weight excluding hydrogens is 382 g/mol. The van der Waals surface area contributed by atoms with Gasteiger partial charge in [0.15, 0.2) is 0 Å². The fraction of sp³-hybridized carbons (Fsp3) is 0.208. The van der Waals surface area contributed by atoms with Gasteiger partial charge in [-0.05, 0) is 29.8 Å². The van der Waals surface area contributed by atoms with Crippen LogP contribution in [0.4, 0.5) is 0 Å². The summed E-state index contributed by atoms with van der Waals surface area (Å²) in [4.78, 5) is 14.3. The SMILES string of the molecule is COc1ccc(C(CC(=O)Oc2ccccc2)N2C(O)c3ccccc3C2O)cc1. The van der Waals surface area contributed by atoms with E-state index in [1.807, 2.05) is 30.3 Å². The van der Waals surface area contributed by atoms with E-state index in [0.717, 1.165) is 5.56 Å². The highest BCUT2D eigenvalue weighted by molar-refractivity contribution is 5.73. The number of methoxy groups -OCH3 is 1. The van der Waals surface area contributed by atoms with Crippen LogP contribution >= 0.6 is 0 Å². The molecule has 0 bridgehead atoms. The Morgan fingerprint density at radius 2 is 1.43 bits per heavy atom. The minimum Gasteiger partial charge on any atom is -0.497 e. The maximum absolute atomic E-state index is 12.7. The van der Waals surface area contributed by atoms with Crippen molar-refractivity contribution in [1.82, 2.24) is 4.90 Å². The molecule has 3 unspecified atom stereocenters. The molecule has 154 valence electrons. The first-order valence-corrected chi connectivity index (χ1v) is 9.70. The number of carbonyl (C=O) groups excluding carboxylic acids is 1. The molecule has 1 aliphatic rings. The number of para-hydroxylation sites is 1. The molecule has 1 heterocycles. The minimum absolute atomic E-state index is 0.0523. The first-order chi connectivity index (χ1) is 14.6. The fourth-order valence-corrected chi connectivity index (χ4v) is 3.82. The third kappa shape index (κ3) is 3.93. The van der Waals surface area contributed by atoms with E-state index in [-0.39, 0.29) is 6.42 Å². The number of aliphatic hydroxyl groups is 2. The van der Waals surface area contributed by atoms with E-state index in [0.29, 0.717) is 22.6 Å². The maximum atomic E-state index is 12.7. The molecule has 0 amide bonds. The lowest BCUT2D eigenvalue weighted by Gasteiger charge is -2.33. The summed E-state index contributed by atoms with van der Waals surface area (Å²) < 4.78 is 10.7. The van der Waals surface area contributed by atoms with Crippen molar-refractivity contribution in [2.45, 2.75) is 24.9 Å². The predicted molar refractivity (Wildman–Crippen MR) is 111 cm³/mol. The second kappa shape index (κ2) is 8.67. The Morgan fingerprint density at radius 1 is 0.867 bits per heavy atom. The summed E-state index contributed by atoms with van der Waals surface area (Å²) >= 11 is 0. The van der Waals surface area contributed by atoms with Crippen molar-refractivity contribution < 1.29 is 24.5 Å². The van der Waals surface area contributed by atoms with Crippen LogP contribution in [0.3, 0.4) is 0 Å². The lowest BCUT2D eigenvalue weighted by molar-refractivity contribution is -0.143. The molecule has 30 heavy (non-hydrogen) atoms. The fourth-order valence-electron chi connectivity index (χ4n) is 3.82. The smallest absolute Gasteiger partial charge is 0.313 e. The quantitative estimate of drug-likeness (QED) is 0.481. The van der Waals surface area contributed by atoms with Crippen LogP contribution in [0.2, 0.25) is 0 Å². The van der Waals surface area contributed by atoms with E-state index in [1.165, 1.54) is 4.90 Å². The normalized spacial score (nSPS) is 19.2. The predicted octanol–water partition coefficient (Wildman–Crippen LogP) is 3.73. The third-order valence-corrected chi connectivity index (χ3v) is 5.31. The molecule has 3 atom stereocenters. The molecule has 6 heteroatoms. The van der Waals surface area contributed by atoms with Crippen LogP contribution < -0.4 is 9.47 Å². The van der Waals surface area contributed by atoms with Crippen LogP contribution in [0.15, 0.2) is 78.9 Å². The largest absolute Gasteiger partial charge is 0.497 e. The first kappa shape index (κ1) is 20.1. The Morgan fingerprint density at radius 3 is 2.00 bits per heavy atom. The molecule has 4 rings (SSSR count). The molecule has 3 aromatic carbocycles.